The van der Waals surface area contributed by atoms with Gasteiger partial charge in [0, 0.05) is 18.9 Å². The van der Waals surface area contributed by atoms with Crippen LogP contribution in [0.5, 0.6) is 0 Å². The summed E-state index contributed by atoms with van der Waals surface area (Å²) in [6.07, 6.45) is -0.485. The summed E-state index contributed by atoms with van der Waals surface area (Å²) in [7, 11) is 0. The predicted octanol–water partition coefficient (Wildman–Crippen LogP) is 2.60. The number of hydrogen-bond acceptors (Lipinski definition) is 7. The van der Waals surface area contributed by atoms with E-state index in [1.165, 1.54) is 17.9 Å². The number of ether oxygens (including phenoxy) is 1. The Morgan fingerprint density at radius 2 is 2.06 bits per heavy atom. The van der Waals surface area contributed by atoms with E-state index in [9.17, 15) is 14.0 Å². The van der Waals surface area contributed by atoms with E-state index in [1.54, 1.807) is 12.1 Å². The zero-order chi connectivity index (χ0) is 22.0. The maximum atomic E-state index is 14.9. The molecule has 2 aliphatic heterocycles. The smallest absolute Gasteiger partial charge is 0.414 e. The molecule has 0 aromatic heterocycles. The number of amidine groups is 1. The minimum absolute atomic E-state index is 0.208. The number of nitrogens with one attached hydrogen (secondary N) is 1. The molecule has 10 heteroatoms. The molecule has 2 atom stereocenters. The van der Waals surface area contributed by atoms with E-state index in [-0.39, 0.29) is 25.0 Å². The van der Waals surface area contributed by atoms with Gasteiger partial charge in [0.2, 0.25) is 5.91 Å². The molecule has 0 radical (unpaired) electrons. The van der Waals surface area contributed by atoms with E-state index in [1.807, 2.05) is 24.3 Å². The third-order valence-corrected chi connectivity index (χ3v) is 5.10. The van der Waals surface area contributed by atoms with Crippen LogP contribution >= 0.6 is 0 Å². The third-order valence-electron chi connectivity index (χ3n) is 5.10. The molecule has 2 aromatic rings. The Kier molecular flexibility index (Phi) is 5.61. The summed E-state index contributed by atoms with van der Waals surface area (Å²) in [5.41, 5.74) is 8.24. The van der Waals surface area contributed by atoms with Crippen molar-refractivity contribution in [1.29, 1.82) is 0 Å². The topological polar surface area (TPSA) is 122 Å². The summed E-state index contributed by atoms with van der Waals surface area (Å²) in [5.74, 6) is -0.282. The number of nitrogens with zero attached hydrogens (tertiary/aromatic N) is 4. The maximum absolute atomic E-state index is 14.9. The second-order valence-electron chi connectivity index (χ2n) is 7.36. The molecule has 4 rings (SSSR count). The second-order valence-corrected chi connectivity index (χ2v) is 7.36. The van der Waals surface area contributed by atoms with E-state index in [0.29, 0.717) is 29.1 Å². The highest BCUT2D eigenvalue weighted by Gasteiger charge is 2.32. The van der Waals surface area contributed by atoms with Crippen LogP contribution < -0.4 is 16.0 Å². The number of amides is 2. The molecule has 2 aliphatic rings. The van der Waals surface area contributed by atoms with E-state index < -0.39 is 18.0 Å². The molecule has 3 N–H and O–H groups in total. The number of rotatable bonds is 6. The van der Waals surface area contributed by atoms with Gasteiger partial charge in [-0.2, -0.15) is 5.11 Å². The molecule has 0 aliphatic carbocycles. The Balaban J connectivity index is 1.45. The van der Waals surface area contributed by atoms with Gasteiger partial charge in [0.25, 0.3) is 0 Å². The van der Waals surface area contributed by atoms with Gasteiger partial charge in [-0.1, -0.05) is 24.3 Å². The number of hydrogen-bond donors (Lipinski definition) is 2. The zero-order valence-electron chi connectivity index (χ0n) is 16.8. The van der Waals surface area contributed by atoms with Crippen LogP contribution in [-0.2, 0) is 16.0 Å². The Hall–Kier alpha value is -3.82. The number of nitrogens with two attached hydrogens (primary N) is 1. The van der Waals surface area contributed by atoms with E-state index in [2.05, 4.69) is 20.8 Å². The monoisotopic (exact) mass is 424 g/mol. The van der Waals surface area contributed by atoms with Crippen LogP contribution in [0.15, 0.2) is 57.9 Å². The first-order chi connectivity index (χ1) is 14.9. The molecule has 1 unspecified atom stereocenters. The molecule has 0 bridgehead atoms. The fraction of sp³-hybridized carbons (Fsp3) is 0.286. The van der Waals surface area contributed by atoms with E-state index >= 15 is 0 Å². The quantitative estimate of drug-likeness (QED) is 0.740. The van der Waals surface area contributed by atoms with Gasteiger partial charge in [-0.3, -0.25) is 9.69 Å². The minimum atomic E-state index is -0.571. The van der Waals surface area contributed by atoms with E-state index in [0.717, 1.165) is 5.56 Å². The van der Waals surface area contributed by atoms with Crippen LogP contribution in [0.1, 0.15) is 12.5 Å². The molecular formula is C21H21FN6O3. The Bertz CT molecular complexity index is 1070. The molecule has 2 amide bonds. The summed E-state index contributed by atoms with van der Waals surface area (Å²) < 4.78 is 20.1. The fourth-order valence-corrected chi connectivity index (χ4v) is 3.46. The summed E-state index contributed by atoms with van der Waals surface area (Å²) in [6.45, 7) is 1.83. The van der Waals surface area contributed by atoms with Gasteiger partial charge in [-0.25, -0.2) is 9.18 Å². The van der Waals surface area contributed by atoms with Crippen molar-refractivity contribution in [3.8, 4) is 11.1 Å². The van der Waals surface area contributed by atoms with Crippen LogP contribution in [0, 0.1) is 5.82 Å². The molecule has 2 aromatic carbocycles. The number of anilines is 1. The second kappa shape index (κ2) is 8.50. The number of benzene rings is 2. The van der Waals surface area contributed by atoms with Crippen molar-refractivity contribution in [3.63, 3.8) is 0 Å². The molecule has 9 nitrogen and oxygen atoms in total. The van der Waals surface area contributed by atoms with Crippen LogP contribution in [0.2, 0.25) is 0 Å². The molecule has 31 heavy (non-hydrogen) atoms. The first-order valence-corrected chi connectivity index (χ1v) is 9.75. The van der Waals surface area contributed by atoms with Crippen molar-refractivity contribution >= 4 is 23.5 Å². The summed E-state index contributed by atoms with van der Waals surface area (Å²) >= 11 is 0. The molecule has 0 saturated carbocycles. The van der Waals surface area contributed by atoms with Crippen molar-refractivity contribution in [2.24, 2.45) is 21.2 Å². The highest BCUT2D eigenvalue weighted by Crippen LogP contribution is 2.29. The fourth-order valence-electron chi connectivity index (χ4n) is 3.46. The number of halogens is 1. The lowest BCUT2D eigenvalue weighted by Gasteiger charge is -2.15. The van der Waals surface area contributed by atoms with Crippen molar-refractivity contribution in [1.82, 2.24) is 5.32 Å². The highest BCUT2D eigenvalue weighted by atomic mass is 19.1. The maximum Gasteiger partial charge on any atom is 0.414 e. The average Bonchev–Trinajstić information content (AvgIpc) is 3.32. The zero-order valence-corrected chi connectivity index (χ0v) is 16.8. The van der Waals surface area contributed by atoms with Gasteiger partial charge in [0.05, 0.1) is 18.8 Å². The minimum Gasteiger partial charge on any atom is -0.442 e. The highest BCUT2D eigenvalue weighted by molar-refractivity contribution is 5.90. The van der Waals surface area contributed by atoms with Gasteiger partial charge < -0.3 is 15.8 Å². The summed E-state index contributed by atoms with van der Waals surface area (Å²) in [6, 6.07) is 11.7. The summed E-state index contributed by atoms with van der Waals surface area (Å²) in [4.78, 5) is 24.5. The van der Waals surface area contributed by atoms with Crippen molar-refractivity contribution < 1.29 is 18.7 Å². The largest absolute Gasteiger partial charge is 0.442 e. The lowest BCUT2D eigenvalue weighted by molar-refractivity contribution is -0.119. The molecule has 1 saturated heterocycles. The van der Waals surface area contributed by atoms with Crippen LogP contribution in [0.3, 0.4) is 0 Å². The lowest BCUT2D eigenvalue weighted by Crippen LogP contribution is -2.33. The third kappa shape index (κ3) is 4.52. The van der Waals surface area contributed by atoms with Gasteiger partial charge in [0.15, 0.2) is 5.84 Å². The van der Waals surface area contributed by atoms with Crippen molar-refractivity contribution in [2.75, 3.05) is 18.0 Å². The normalized spacial score (nSPS) is 20.0. The molecule has 0 spiro atoms. The molecule has 2 heterocycles. The van der Waals surface area contributed by atoms with Crippen LogP contribution in [-0.4, -0.2) is 43.1 Å². The van der Waals surface area contributed by atoms with Crippen LogP contribution in [0.4, 0.5) is 14.9 Å². The van der Waals surface area contributed by atoms with Crippen molar-refractivity contribution in [2.45, 2.75) is 25.5 Å². The van der Waals surface area contributed by atoms with E-state index in [4.69, 9.17) is 10.5 Å². The number of carbonyl (C=O) groups is 2. The van der Waals surface area contributed by atoms with Gasteiger partial charge >= 0.3 is 6.09 Å². The Morgan fingerprint density at radius 3 is 2.71 bits per heavy atom. The first kappa shape index (κ1) is 20.5. The lowest BCUT2D eigenvalue weighted by atomic mass is 10.00. The average molecular weight is 424 g/mol. The predicted molar refractivity (Wildman–Crippen MR) is 112 cm³/mol. The van der Waals surface area contributed by atoms with Crippen molar-refractivity contribution in [3.05, 3.63) is 53.8 Å². The first-order valence-electron chi connectivity index (χ1n) is 9.75. The number of carbonyl (C=O) groups excluding carboxylic acids is 2. The Labute approximate surface area is 177 Å². The molecular weight excluding hydrogens is 403 g/mol. The summed E-state index contributed by atoms with van der Waals surface area (Å²) in [5, 5.41) is 13.8. The van der Waals surface area contributed by atoms with Gasteiger partial charge in [-0.15, -0.1) is 5.10 Å². The van der Waals surface area contributed by atoms with Crippen LogP contribution in [0.25, 0.3) is 11.1 Å². The number of cyclic esters (lactones) is 1. The Morgan fingerprint density at radius 1 is 1.29 bits per heavy atom. The molecule has 160 valence electrons. The molecule has 1 fully saturated rings. The SMILES string of the molecule is CC(=O)NC[C@H]1CN(c2ccc(-c3ccc(CC4N=NN=C4N)cc3)c(F)c2)C(=O)O1. The standard InChI is InChI=1S/C21H21FN6O3/c1-12(29)24-10-16-11-28(21(30)31-16)15-6-7-17(18(22)9-15)14-4-2-13(3-5-14)8-19-20(23)26-27-25-19/h2-7,9,16,19H,8,10-11H2,1H3,(H,24,29)(H2,23,25,26)/t16-,19?/m0/s1. The van der Waals surface area contributed by atoms with Gasteiger partial charge in [0.1, 0.15) is 18.0 Å². The van der Waals surface area contributed by atoms with Gasteiger partial charge in [-0.05, 0) is 34.5 Å².